The van der Waals surface area contributed by atoms with Crippen LogP contribution in [0, 0.1) is 13.8 Å². The van der Waals surface area contributed by atoms with Crippen molar-refractivity contribution in [2.75, 3.05) is 0 Å². The number of carboxylic acid groups (broad SMARTS) is 1. The molecule has 0 spiro atoms. The van der Waals surface area contributed by atoms with Gasteiger partial charge >= 0.3 is 12.1 Å². The lowest BCUT2D eigenvalue weighted by atomic mass is 10.1. The second-order valence-electron chi connectivity index (χ2n) is 5.35. The first-order chi connectivity index (χ1) is 10.5. The number of nitrogens with one attached hydrogen (secondary N) is 1. The highest BCUT2D eigenvalue weighted by molar-refractivity contribution is 5.85. The summed E-state index contributed by atoms with van der Waals surface area (Å²) in [4.78, 5) is 23.0. The lowest BCUT2D eigenvalue weighted by molar-refractivity contribution is -0.143. The molecule has 0 aliphatic carbocycles. The third-order valence-corrected chi connectivity index (χ3v) is 3.41. The molecule has 0 saturated heterocycles. The average Bonchev–Trinajstić information content (AvgIpc) is 2.64. The van der Waals surface area contributed by atoms with Crippen molar-refractivity contribution < 1.29 is 27.9 Å². The second-order valence-corrected chi connectivity index (χ2v) is 5.35. The standard InChI is InChI=1S/C14H20F3N3O3/c1-4-5-11(13(22)23)18-12(21)6-10-8(2)19-20(9(10)3)7-14(15,16)17/h11H,4-7H2,1-3H3,(H,18,21)(H,22,23). The Labute approximate surface area is 131 Å². The zero-order valence-corrected chi connectivity index (χ0v) is 13.2. The Hall–Kier alpha value is -2.06. The third kappa shape index (κ3) is 5.57. The van der Waals surface area contributed by atoms with Gasteiger partial charge in [0, 0.05) is 11.3 Å². The number of amides is 1. The number of carbonyl (C=O) groups is 2. The van der Waals surface area contributed by atoms with Crippen molar-refractivity contribution in [3.63, 3.8) is 0 Å². The number of hydrogen-bond acceptors (Lipinski definition) is 3. The summed E-state index contributed by atoms with van der Waals surface area (Å²) in [6.07, 6.45) is -3.74. The molecule has 130 valence electrons. The average molecular weight is 335 g/mol. The van der Waals surface area contributed by atoms with Gasteiger partial charge in [0.25, 0.3) is 0 Å². The maximum atomic E-state index is 12.5. The van der Waals surface area contributed by atoms with Crippen molar-refractivity contribution in [2.24, 2.45) is 0 Å². The summed E-state index contributed by atoms with van der Waals surface area (Å²) in [5, 5.41) is 15.2. The monoisotopic (exact) mass is 335 g/mol. The fourth-order valence-corrected chi connectivity index (χ4v) is 2.27. The SMILES string of the molecule is CCCC(NC(=O)Cc1c(C)nn(CC(F)(F)F)c1C)C(=O)O. The van der Waals surface area contributed by atoms with Crippen molar-refractivity contribution in [1.82, 2.24) is 15.1 Å². The predicted octanol–water partition coefficient (Wildman–Crippen LogP) is 1.97. The van der Waals surface area contributed by atoms with Crippen LogP contribution in [0.2, 0.25) is 0 Å². The molecular weight excluding hydrogens is 315 g/mol. The van der Waals surface area contributed by atoms with Gasteiger partial charge in [0.2, 0.25) is 5.91 Å². The van der Waals surface area contributed by atoms with Crippen molar-refractivity contribution in [3.8, 4) is 0 Å². The number of aromatic nitrogens is 2. The molecule has 1 rings (SSSR count). The van der Waals surface area contributed by atoms with Crippen molar-refractivity contribution in [2.45, 2.75) is 58.8 Å². The van der Waals surface area contributed by atoms with Crippen molar-refractivity contribution in [3.05, 3.63) is 17.0 Å². The Kier molecular flexibility index (Phi) is 6.17. The first-order valence-electron chi connectivity index (χ1n) is 7.17. The van der Waals surface area contributed by atoms with Crippen molar-refractivity contribution in [1.29, 1.82) is 0 Å². The Bertz CT molecular complexity index is 582. The molecule has 0 aliphatic rings. The zero-order valence-electron chi connectivity index (χ0n) is 13.2. The van der Waals surface area contributed by atoms with Crippen LogP contribution in [0.3, 0.4) is 0 Å². The van der Waals surface area contributed by atoms with Crippen LogP contribution in [0.4, 0.5) is 13.2 Å². The molecule has 1 unspecified atom stereocenters. The van der Waals surface area contributed by atoms with Crippen LogP contribution < -0.4 is 5.32 Å². The number of carbonyl (C=O) groups excluding carboxylic acids is 1. The predicted molar refractivity (Wildman–Crippen MR) is 75.9 cm³/mol. The number of nitrogens with zero attached hydrogens (tertiary/aromatic N) is 2. The topological polar surface area (TPSA) is 84.2 Å². The van der Waals surface area contributed by atoms with Gasteiger partial charge < -0.3 is 10.4 Å². The summed E-state index contributed by atoms with van der Waals surface area (Å²) in [7, 11) is 0. The number of halogens is 3. The van der Waals surface area contributed by atoms with E-state index in [9.17, 15) is 22.8 Å². The van der Waals surface area contributed by atoms with E-state index in [1.165, 1.54) is 13.8 Å². The van der Waals surface area contributed by atoms with Gasteiger partial charge in [-0.15, -0.1) is 0 Å². The molecule has 2 N–H and O–H groups in total. The molecule has 1 amide bonds. The van der Waals surface area contributed by atoms with Crippen LogP contribution in [0.25, 0.3) is 0 Å². The van der Waals surface area contributed by atoms with E-state index in [1.807, 2.05) is 0 Å². The molecule has 1 atom stereocenters. The van der Waals surface area contributed by atoms with Gasteiger partial charge in [0.15, 0.2) is 0 Å². The molecule has 0 aromatic carbocycles. The van der Waals surface area contributed by atoms with Gasteiger partial charge in [-0.1, -0.05) is 13.3 Å². The summed E-state index contributed by atoms with van der Waals surface area (Å²) >= 11 is 0. The Balaban J connectivity index is 2.84. The Morgan fingerprint density at radius 3 is 2.43 bits per heavy atom. The molecule has 0 radical (unpaired) electrons. The molecule has 1 aromatic heterocycles. The number of hydrogen-bond donors (Lipinski definition) is 2. The summed E-state index contributed by atoms with van der Waals surface area (Å²) in [6.45, 7) is 3.53. The van der Waals surface area contributed by atoms with E-state index in [2.05, 4.69) is 10.4 Å². The molecule has 9 heteroatoms. The van der Waals surface area contributed by atoms with Crippen LogP contribution in [0.5, 0.6) is 0 Å². The van der Waals surface area contributed by atoms with Gasteiger partial charge in [-0.3, -0.25) is 9.48 Å². The highest BCUT2D eigenvalue weighted by atomic mass is 19.4. The van der Waals surface area contributed by atoms with Gasteiger partial charge in [-0.05, 0) is 20.3 Å². The van der Waals surface area contributed by atoms with Crippen LogP contribution in [0.15, 0.2) is 0 Å². The summed E-state index contributed by atoms with van der Waals surface area (Å²) < 4.78 is 38.2. The highest BCUT2D eigenvalue weighted by Gasteiger charge is 2.30. The van der Waals surface area contributed by atoms with Gasteiger partial charge in [-0.2, -0.15) is 18.3 Å². The summed E-state index contributed by atoms with van der Waals surface area (Å²) in [5.74, 6) is -1.69. The quantitative estimate of drug-likeness (QED) is 0.798. The van der Waals surface area contributed by atoms with E-state index in [0.29, 0.717) is 17.7 Å². The van der Waals surface area contributed by atoms with Crippen molar-refractivity contribution >= 4 is 11.9 Å². The zero-order chi connectivity index (χ0) is 17.8. The molecule has 1 aromatic rings. The largest absolute Gasteiger partial charge is 0.480 e. The molecule has 0 fully saturated rings. The summed E-state index contributed by atoms with van der Waals surface area (Å²) in [6, 6.07) is -1.00. The minimum absolute atomic E-state index is 0.205. The first-order valence-corrected chi connectivity index (χ1v) is 7.17. The Morgan fingerprint density at radius 1 is 1.35 bits per heavy atom. The van der Waals surface area contributed by atoms with E-state index in [-0.39, 0.29) is 18.5 Å². The normalized spacial score (nSPS) is 13.0. The lowest BCUT2D eigenvalue weighted by Gasteiger charge is -2.13. The second kappa shape index (κ2) is 7.47. The molecule has 0 saturated carbocycles. The third-order valence-electron chi connectivity index (χ3n) is 3.41. The van der Waals surface area contributed by atoms with Crippen LogP contribution in [0.1, 0.15) is 36.7 Å². The van der Waals surface area contributed by atoms with E-state index in [4.69, 9.17) is 5.11 Å². The highest BCUT2D eigenvalue weighted by Crippen LogP contribution is 2.21. The molecular formula is C14H20F3N3O3. The van der Waals surface area contributed by atoms with E-state index in [1.54, 1.807) is 6.92 Å². The van der Waals surface area contributed by atoms with E-state index in [0.717, 1.165) is 4.68 Å². The minimum Gasteiger partial charge on any atom is -0.480 e. The molecule has 0 bridgehead atoms. The maximum Gasteiger partial charge on any atom is 0.408 e. The number of rotatable bonds is 7. The number of alkyl halides is 3. The fourth-order valence-electron chi connectivity index (χ4n) is 2.27. The fraction of sp³-hybridized carbons (Fsp3) is 0.643. The molecule has 6 nitrogen and oxygen atoms in total. The maximum absolute atomic E-state index is 12.5. The minimum atomic E-state index is -4.40. The van der Waals surface area contributed by atoms with Gasteiger partial charge in [0.1, 0.15) is 12.6 Å². The number of carboxylic acids is 1. The smallest absolute Gasteiger partial charge is 0.408 e. The van der Waals surface area contributed by atoms with E-state index >= 15 is 0 Å². The van der Waals surface area contributed by atoms with Gasteiger partial charge in [0.05, 0.1) is 12.1 Å². The lowest BCUT2D eigenvalue weighted by Crippen LogP contribution is -2.41. The number of aliphatic carboxylic acids is 1. The summed E-state index contributed by atoms with van der Waals surface area (Å²) in [5.41, 5.74) is 0.953. The van der Waals surface area contributed by atoms with Crippen LogP contribution >= 0.6 is 0 Å². The van der Waals surface area contributed by atoms with Crippen LogP contribution in [-0.4, -0.2) is 39.0 Å². The first kappa shape index (κ1) is 19.0. The molecule has 23 heavy (non-hydrogen) atoms. The Morgan fingerprint density at radius 2 is 1.96 bits per heavy atom. The number of aryl methyl sites for hydroxylation is 1. The van der Waals surface area contributed by atoms with Gasteiger partial charge in [-0.25, -0.2) is 4.79 Å². The molecule has 1 heterocycles. The molecule has 0 aliphatic heterocycles. The van der Waals surface area contributed by atoms with Crippen LogP contribution in [-0.2, 0) is 22.6 Å². The van der Waals surface area contributed by atoms with E-state index < -0.39 is 30.6 Å².